The van der Waals surface area contributed by atoms with Gasteiger partial charge in [0.25, 0.3) is 0 Å². The monoisotopic (exact) mass is 318 g/mol. The maximum absolute atomic E-state index is 11.9. The molecule has 6 heteroatoms. The molecule has 5 nitrogen and oxygen atoms in total. The number of hydrogen-bond acceptors (Lipinski definition) is 4. The highest BCUT2D eigenvalue weighted by atomic mass is 32.2. The second kappa shape index (κ2) is 8.31. The number of ether oxygens (including phenoxy) is 1. The summed E-state index contributed by atoms with van der Waals surface area (Å²) in [7, 11) is -1.57. The van der Waals surface area contributed by atoms with Crippen LogP contribution in [0.5, 0.6) is 0 Å². The van der Waals surface area contributed by atoms with Gasteiger partial charge in [-0.3, -0.25) is 9.52 Å². The Hall–Kier alpha value is -2.18. The van der Waals surface area contributed by atoms with E-state index in [1.165, 1.54) is 0 Å². The van der Waals surface area contributed by atoms with Crippen molar-refractivity contribution < 1.29 is 13.7 Å². The quantitative estimate of drug-likeness (QED) is 0.604. The number of benzene rings is 2. The summed E-state index contributed by atoms with van der Waals surface area (Å²) in [6, 6.07) is 16.2. The Morgan fingerprint density at radius 1 is 1.09 bits per heavy atom. The van der Waals surface area contributed by atoms with Gasteiger partial charge >= 0.3 is 0 Å². The molecule has 0 aromatic heterocycles. The lowest BCUT2D eigenvalue weighted by atomic mass is 10.2. The van der Waals surface area contributed by atoms with Gasteiger partial charge in [0, 0.05) is 5.69 Å². The summed E-state index contributed by atoms with van der Waals surface area (Å²) in [4.78, 5) is 12.2. The first-order valence-corrected chi connectivity index (χ1v) is 7.98. The van der Waals surface area contributed by atoms with Gasteiger partial charge in [0.1, 0.15) is 0 Å². The minimum absolute atomic E-state index is 0.160. The maximum atomic E-state index is 11.9. The number of rotatable bonds is 7. The second-order valence-corrected chi connectivity index (χ2v) is 5.86. The molecule has 0 saturated heterocycles. The standard InChI is InChI=1S/C16H18N2O3S/c17-14-6-8-15(9-7-14)22(20)18-16(19)10-11-21-12-13-4-2-1-3-5-13/h1-9H,10-12,17H2,(H,18,19). The number of carbonyl (C=O) groups excluding carboxylic acids is 1. The number of carbonyl (C=O) groups is 1. The van der Waals surface area contributed by atoms with Crippen molar-refractivity contribution in [2.75, 3.05) is 12.3 Å². The molecule has 0 fully saturated rings. The van der Waals surface area contributed by atoms with Crippen molar-refractivity contribution in [3.05, 3.63) is 60.2 Å². The zero-order valence-electron chi connectivity index (χ0n) is 12.0. The summed E-state index contributed by atoms with van der Waals surface area (Å²) in [5, 5.41) is 0. The Balaban J connectivity index is 1.69. The summed E-state index contributed by atoms with van der Waals surface area (Å²) >= 11 is 0. The average Bonchev–Trinajstić information content (AvgIpc) is 2.53. The van der Waals surface area contributed by atoms with Crippen molar-refractivity contribution in [3.63, 3.8) is 0 Å². The number of anilines is 1. The fourth-order valence-electron chi connectivity index (χ4n) is 1.73. The van der Waals surface area contributed by atoms with Crippen molar-refractivity contribution in [3.8, 4) is 0 Å². The molecular formula is C16H18N2O3S. The van der Waals surface area contributed by atoms with E-state index >= 15 is 0 Å². The van der Waals surface area contributed by atoms with Crippen molar-refractivity contribution >= 4 is 22.6 Å². The predicted octanol–water partition coefficient (Wildman–Crippen LogP) is 2.01. The van der Waals surface area contributed by atoms with Gasteiger partial charge in [-0.2, -0.15) is 0 Å². The SMILES string of the molecule is Nc1ccc(S(=O)NC(=O)CCOCc2ccccc2)cc1. The molecule has 0 radical (unpaired) electrons. The second-order valence-electron chi connectivity index (χ2n) is 4.65. The molecule has 2 rings (SSSR count). The molecule has 0 aliphatic heterocycles. The Kier molecular flexibility index (Phi) is 6.12. The lowest BCUT2D eigenvalue weighted by Crippen LogP contribution is -2.26. The van der Waals surface area contributed by atoms with Crippen molar-refractivity contribution in [1.82, 2.24) is 4.72 Å². The topological polar surface area (TPSA) is 81.4 Å². The maximum Gasteiger partial charge on any atom is 0.234 e. The van der Waals surface area contributed by atoms with E-state index in [4.69, 9.17) is 10.5 Å². The van der Waals surface area contributed by atoms with Gasteiger partial charge < -0.3 is 10.5 Å². The predicted molar refractivity (Wildman–Crippen MR) is 86.1 cm³/mol. The summed E-state index contributed by atoms with van der Waals surface area (Å²) < 4.78 is 19.8. The molecule has 0 saturated carbocycles. The van der Waals surface area contributed by atoms with Crippen LogP contribution in [0.1, 0.15) is 12.0 Å². The highest BCUT2D eigenvalue weighted by Crippen LogP contribution is 2.08. The van der Waals surface area contributed by atoms with Crippen LogP contribution < -0.4 is 10.5 Å². The van der Waals surface area contributed by atoms with E-state index in [9.17, 15) is 9.00 Å². The van der Waals surface area contributed by atoms with E-state index in [0.717, 1.165) is 5.56 Å². The Bertz CT molecular complexity index is 630. The van der Waals surface area contributed by atoms with Gasteiger partial charge in [0.05, 0.1) is 24.5 Å². The third-order valence-electron chi connectivity index (χ3n) is 2.89. The number of nitrogen functional groups attached to an aromatic ring is 1. The van der Waals surface area contributed by atoms with Crippen molar-refractivity contribution in [1.29, 1.82) is 0 Å². The fraction of sp³-hybridized carbons (Fsp3) is 0.188. The van der Waals surface area contributed by atoms with Crippen LogP contribution in [0, 0.1) is 0 Å². The van der Waals surface area contributed by atoms with Crippen molar-refractivity contribution in [2.45, 2.75) is 17.9 Å². The van der Waals surface area contributed by atoms with Crippen molar-refractivity contribution in [2.24, 2.45) is 0 Å². The van der Waals surface area contributed by atoms with Crippen LogP contribution >= 0.6 is 0 Å². The van der Waals surface area contributed by atoms with Crippen LogP contribution in [0.4, 0.5) is 5.69 Å². The molecule has 0 aliphatic carbocycles. The Morgan fingerprint density at radius 2 is 1.77 bits per heavy atom. The van der Waals surface area contributed by atoms with Crippen LogP contribution in [0.15, 0.2) is 59.5 Å². The van der Waals surface area contributed by atoms with Crippen LogP contribution in [0.2, 0.25) is 0 Å². The zero-order valence-corrected chi connectivity index (χ0v) is 12.8. The number of amides is 1. The summed E-state index contributed by atoms with van der Waals surface area (Å²) in [5.74, 6) is -0.316. The van der Waals surface area contributed by atoms with Gasteiger partial charge in [-0.25, -0.2) is 4.21 Å². The minimum atomic E-state index is -1.57. The molecule has 3 N–H and O–H groups in total. The van der Waals surface area contributed by atoms with Gasteiger partial charge in [-0.15, -0.1) is 0 Å². The van der Waals surface area contributed by atoms with E-state index in [1.54, 1.807) is 24.3 Å². The lowest BCUT2D eigenvalue weighted by molar-refractivity contribution is -0.120. The number of hydrogen-bond donors (Lipinski definition) is 2. The van der Waals surface area contributed by atoms with Crippen LogP contribution in [0.3, 0.4) is 0 Å². The number of nitrogens with two attached hydrogens (primary N) is 1. The largest absolute Gasteiger partial charge is 0.399 e. The Morgan fingerprint density at radius 3 is 2.45 bits per heavy atom. The van der Waals surface area contributed by atoms with E-state index in [-0.39, 0.29) is 18.9 Å². The van der Waals surface area contributed by atoms with Gasteiger partial charge in [-0.1, -0.05) is 30.3 Å². The smallest absolute Gasteiger partial charge is 0.234 e. The molecule has 116 valence electrons. The molecule has 22 heavy (non-hydrogen) atoms. The minimum Gasteiger partial charge on any atom is -0.399 e. The van der Waals surface area contributed by atoms with E-state index < -0.39 is 11.0 Å². The summed E-state index contributed by atoms with van der Waals surface area (Å²) in [6.07, 6.45) is 0.160. The molecule has 0 aliphatic rings. The zero-order chi connectivity index (χ0) is 15.8. The highest BCUT2D eigenvalue weighted by Gasteiger charge is 2.08. The molecule has 0 heterocycles. The summed E-state index contributed by atoms with van der Waals surface area (Å²) in [5.41, 5.74) is 7.19. The molecule has 0 spiro atoms. The molecular weight excluding hydrogens is 300 g/mol. The first-order valence-electron chi connectivity index (χ1n) is 6.83. The number of nitrogens with one attached hydrogen (secondary N) is 1. The third-order valence-corrected chi connectivity index (χ3v) is 4.00. The summed E-state index contributed by atoms with van der Waals surface area (Å²) in [6.45, 7) is 0.731. The molecule has 1 atom stereocenters. The molecule has 2 aromatic rings. The molecule has 0 bridgehead atoms. The van der Waals surface area contributed by atoms with Crippen LogP contribution in [-0.2, 0) is 27.1 Å². The van der Waals surface area contributed by atoms with Crippen LogP contribution in [-0.4, -0.2) is 16.7 Å². The average molecular weight is 318 g/mol. The lowest BCUT2D eigenvalue weighted by Gasteiger charge is -2.06. The third kappa shape index (κ3) is 5.31. The van der Waals surface area contributed by atoms with E-state index in [0.29, 0.717) is 17.2 Å². The highest BCUT2D eigenvalue weighted by molar-refractivity contribution is 7.83. The van der Waals surface area contributed by atoms with E-state index in [2.05, 4.69) is 4.72 Å². The van der Waals surface area contributed by atoms with Gasteiger partial charge in [0.15, 0.2) is 11.0 Å². The first-order chi connectivity index (χ1) is 10.6. The molecule has 1 amide bonds. The van der Waals surface area contributed by atoms with Gasteiger partial charge in [0.2, 0.25) is 5.91 Å². The molecule has 1 unspecified atom stereocenters. The van der Waals surface area contributed by atoms with Crippen LogP contribution in [0.25, 0.3) is 0 Å². The first kappa shape index (κ1) is 16.2. The van der Waals surface area contributed by atoms with Gasteiger partial charge in [-0.05, 0) is 29.8 Å². The molecule has 2 aromatic carbocycles. The fourth-order valence-corrected chi connectivity index (χ4v) is 2.54. The normalized spacial score (nSPS) is 11.8. The Labute approximate surface area is 132 Å². The van der Waals surface area contributed by atoms with E-state index in [1.807, 2.05) is 30.3 Å².